The van der Waals surface area contributed by atoms with Crippen molar-refractivity contribution in [2.75, 3.05) is 0 Å². The zero-order chi connectivity index (χ0) is 12.3. The topological polar surface area (TPSA) is 58.9 Å². The second-order valence-corrected chi connectivity index (χ2v) is 3.30. The molecule has 5 heteroatoms. The van der Waals surface area contributed by atoms with E-state index in [1.165, 1.54) is 0 Å². The minimum Gasteiger partial charge on any atom is -0.151 e. The summed E-state index contributed by atoms with van der Waals surface area (Å²) in [6.07, 6.45) is 0. The molecule has 0 saturated heterocycles. The van der Waals surface area contributed by atoms with Crippen molar-refractivity contribution in [3.05, 3.63) is 60.7 Å². The van der Waals surface area contributed by atoms with E-state index in [1.54, 1.807) is 0 Å². The molecular formula is C12H10GeN2O2. The third-order valence-corrected chi connectivity index (χ3v) is 1.79. The molecule has 84 valence electrons. The quantitative estimate of drug-likeness (QED) is 0.627. The zero-order valence-electron chi connectivity index (χ0n) is 8.98. The van der Waals surface area contributed by atoms with Crippen molar-refractivity contribution in [2.24, 2.45) is 10.2 Å². The molecule has 0 unspecified atom stereocenters. The molecule has 0 amide bonds. The molecule has 2 rings (SSSR count). The molecule has 0 heterocycles. The molecule has 4 nitrogen and oxygen atoms in total. The van der Waals surface area contributed by atoms with E-state index in [0.29, 0.717) is 0 Å². The summed E-state index contributed by atoms with van der Waals surface area (Å²) in [5.41, 5.74) is 1.74. The van der Waals surface area contributed by atoms with Gasteiger partial charge in [0.2, 0.25) is 0 Å². The number of hydrogen-bond acceptors (Lipinski definition) is 4. The van der Waals surface area contributed by atoms with Gasteiger partial charge in [0.1, 0.15) is 0 Å². The van der Waals surface area contributed by atoms with Crippen molar-refractivity contribution in [1.82, 2.24) is 0 Å². The molecule has 0 aliphatic rings. The maximum Gasteiger partial charge on any atom is 0.0857 e. The molecule has 0 bridgehead atoms. The Hall–Kier alpha value is -1.82. The summed E-state index contributed by atoms with van der Waals surface area (Å²) < 4.78 is 17.0. The van der Waals surface area contributed by atoms with Gasteiger partial charge in [-0.1, -0.05) is 36.4 Å². The van der Waals surface area contributed by atoms with Crippen LogP contribution in [0.15, 0.2) is 70.9 Å². The molecule has 0 atom stereocenters. The Bertz CT molecular complexity index is 453. The number of rotatable bonds is 2. The molecular weight excluding hydrogens is 277 g/mol. The second kappa shape index (κ2) is 8.35. The Morgan fingerprint density at radius 3 is 1.24 bits per heavy atom. The van der Waals surface area contributed by atoms with Crippen LogP contribution in [-0.4, -0.2) is 15.3 Å². The molecule has 0 aliphatic carbocycles. The zero-order valence-corrected chi connectivity index (χ0v) is 11.1. The van der Waals surface area contributed by atoms with Gasteiger partial charge in [0.25, 0.3) is 0 Å². The van der Waals surface area contributed by atoms with Crippen LogP contribution in [0, 0.1) is 0 Å². The van der Waals surface area contributed by atoms with E-state index >= 15 is 0 Å². The molecule has 0 spiro atoms. The standard InChI is InChI=1S/C12H10N2.GeO2/c1-3-7-11(8-4-1)13-14-12-9-5-2-6-10-12;2-1-3/h1-10H;. The molecule has 0 radical (unpaired) electrons. The number of azo groups is 1. The predicted octanol–water partition coefficient (Wildman–Crippen LogP) is 3.48. The first-order valence-electron chi connectivity index (χ1n) is 4.88. The normalized spacial score (nSPS) is 9.18. The Morgan fingerprint density at radius 1 is 0.647 bits per heavy atom. The van der Waals surface area contributed by atoms with Gasteiger partial charge in [-0.3, -0.25) is 0 Å². The molecule has 0 saturated carbocycles. The van der Waals surface area contributed by atoms with E-state index in [4.69, 9.17) is 7.56 Å². The second-order valence-electron chi connectivity index (χ2n) is 2.95. The van der Waals surface area contributed by atoms with Gasteiger partial charge in [-0.25, -0.2) is 0 Å². The molecule has 0 aliphatic heterocycles. The fraction of sp³-hybridized carbons (Fsp3) is 0. The number of hydrogen-bond donors (Lipinski definition) is 0. The van der Waals surface area contributed by atoms with Crippen molar-refractivity contribution >= 4 is 26.7 Å². The van der Waals surface area contributed by atoms with E-state index in [9.17, 15) is 0 Å². The van der Waals surface area contributed by atoms with Crippen molar-refractivity contribution in [2.45, 2.75) is 0 Å². The summed E-state index contributed by atoms with van der Waals surface area (Å²) >= 11 is -2.00. The summed E-state index contributed by atoms with van der Waals surface area (Å²) in [4.78, 5) is 0. The van der Waals surface area contributed by atoms with Crippen LogP contribution in [0.5, 0.6) is 0 Å². The SMILES string of the molecule is [O]=[Ge]=[O].c1ccc(N=Nc2ccccc2)cc1. The Labute approximate surface area is 105 Å². The molecule has 2 aromatic rings. The molecule has 0 aromatic heterocycles. The number of benzene rings is 2. The van der Waals surface area contributed by atoms with Gasteiger partial charge in [-0.05, 0) is 24.3 Å². The minimum atomic E-state index is -2.00. The maximum atomic E-state index is 8.50. The third-order valence-electron chi connectivity index (χ3n) is 1.79. The summed E-state index contributed by atoms with van der Waals surface area (Å²) in [5.74, 6) is 0. The van der Waals surface area contributed by atoms with Gasteiger partial charge < -0.3 is 0 Å². The molecule has 17 heavy (non-hydrogen) atoms. The Kier molecular flexibility index (Phi) is 6.51. The third kappa shape index (κ3) is 5.72. The summed E-state index contributed by atoms with van der Waals surface area (Å²) in [7, 11) is 0. The fourth-order valence-corrected chi connectivity index (χ4v) is 1.10. The van der Waals surface area contributed by atoms with Crippen LogP contribution in [0.1, 0.15) is 0 Å². The summed E-state index contributed by atoms with van der Waals surface area (Å²) in [6.45, 7) is 0. The summed E-state index contributed by atoms with van der Waals surface area (Å²) in [6, 6.07) is 19.4. The van der Waals surface area contributed by atoms with Gasteiger partial charge in [0.15, 0.2) is 0 Å². The van der Waals surface area contributed by atoms with E-state index in [1.807, 2.05) is 60.7 Å². The van der Waals surface area contributed by atoms with Gasteiger partial charge in [-0.2, -0.15) is 10.2 Å². The molecule has 0 N–H and O–H groups in total. The fourth-order valence-electron chi connectivity index (χ4n) is 1.10. The van der Waals surface area contributed by atoms with Crippen LogP contribution >= 0.6 is 0 Å². The smallest absolute Gasteiger partial charge is 0.0857 e. The average Bonchev–Trinajstić information content (AvgIpc) is 2.40. The largest absolute Gasteiger partial charge is 0.151 e. The van der Waals surface area contributed by atoms with Crippen LogP contribution < -0.4 is 0 Å². The van der Waals surface area contributed by atoms with Gasteiger partial charge in [0, 0.05) is 0 Å². The van der Waals surface area contributed by atoms with Crippen molar-refractivity contribution in [1.29, 1.82) is 0 Å². The van der Waals surface area contributed by atoms with Gasteiger partial charge in [0.05, 0.1) is 11.4 Å². The van der Waals surface area contributed by atoms with E-state index in [2.05, 4.69) is 10.2 Å². The maximum absolute atomic E-state index is 8.50. The van der Waals surface area contributed by atoms with Crippen LogP contribution in [0.4, 0.5) is 11.4 Å². The van der Waals surface area contributed by atoms with Crippen molar-refractivity contribution < 1.29 is 7.56 Å². The molecule has 2 aromatic carbocycles. The monoisotopic (exact) mass is 288 g/mol. The summed E-state index contributed by atoms with van der Waals surface area (Å²) in [5, 5.41) is 8.20. The average molecular weight is 287 g/mol. The van der Waals surface area contributed by atoms with Crippen molar-refractivity contribution in [3.63, 3.8) is 0 Å². The Morgan fingerprint density at radius 2 is 0.941 bits per heavy atom. The van der Waals surface area contributed by atoms with E-state index in [0.717, 1.165) is 11.4 Å². The first-order valence-corrected chi connectivity index (χ1v) is 6.59. The predicted molar refractivity (Wildman–Crippen MR) is 64.2 cm³/mol. The van der Waals surface area contributed by atoms with Crippen LogP contribution in [0.25, 0.3) is 0 Å². The first-order chi connectivity index (χ1) is 8.36. The van der Waals surface area contributed by atoms with E-state index in [-0.39, 0.29) is 0 Å². The van der Waals surface area contributed by atoms with E-state index < -0.39 is 15.3 Å². The van der Waals surface area contributed by atoms with Crippen molar-refractivity contribution in [3.8, 4) is 0 Å². The molecule has 0 fully saturated rings. The Balaban J connectivity index is 0.000000437. The number of nitrogens with zero attached hydrogens (tertiary/aromatic N) is 2. The van der Waals surface area contributed by atoms with Gasteiger partial charge >= 0.3 is 22.9 Å². The van der Waals surface area contributed by atoms with Crippen LogP contribution in [-0.2, 0) is 7.56 Å². The van der Waals surface area contributed by atoms with Crippen LogP contribution in [0.2, 0.25) is 0 Å². The first kappa shape index (κ1) is 13.2. The van der Waals surface area contributed by atoms with Gasteiger partial charge in [-0.15, -0.1) is 0 Å². The van der Waals surface area contributed by atoms with Crippen LogP contribution in [0.3, 0.4) is 0 Å². The minimum absolute atomic E-state index is 0.872.